The molecule has 1 aliphatic heterocycles. The molecule has 2 N–H and O–H groups in total. The number of hydrogen-bond acceptors (Lipinski definition) is 19. The van der Waals surface area contributed by atoms with Gasteiger partial charge in [-0.25, -0.2) is 33.7 Å². The maximum absolute atomic E-state index is 12.4. The van der Waals surface area contributed by atoms with Crippen molar-refractivity contribution in [3.05, 3.63) is 36.4 Å². The van der Waals surface area contributed by atoms with Gasteiger partial charge in [0, 0.05) is 0 Å². The van der Waals surface area contributed by atoms with Gasteiger partial charge >= 0.3 is 158 Å². The van der Waals surface area contributed by atoms with E-state index in [0.717, 1.165) is 0 Å². The Kier molecular flexibility index (Phi) is 19.5. The molecular weight excluding hydrogens is 787 g/mol. The minimum atomic E-state index is -5.62. The number of nitrogens with zero attached hydrogens (tertiary/aromatic N) is 2. The quantitative estimate of drug-likeness (QED) is 0.0738. The predicted molar refractivity (Wildman–Crippen MR) is 130 cm³/mol. The molecule has 1 aliphatic rings. The van der Waals surface area contributed by atoms with Crippen LogP contribution >= 0.6 is 0 Å². The fourth-order valence-corrected chi connectivity index (χ4v) is 6.71. The van der Waals surface area contributed by atoms with E-state index in [4.69, 9.17) is 12.6 Å². The van der Waals surface area contributed by atoms with Gasteiger partial charge in [-0.3, -0.25) is 4.98 Å². The smallest absolute Gasteiger partial charge is 0.744 e. The molecule has 47 heavy (non-hydrogen) atoms. The summed E-state index contributed by atoms with van der Waals surface area (Å²) in [5.41, 5.74) is -5.40. The monoisotopic (exact) mass is 794 g/mol. The van der Waals surface area contributed by atoms with Gasteiger partial charge in [0.25, 0.3) is 0 Å². The molecule has 0 aliphatic carbocycles. The number of benzene rings is 3. The van der Waals surface area contributed by atoms with Crippen molar-refractivity contribution < 1.29 is 212 Å². The molecule has 4 aromatic rings. The molecule has 19 nitrogen and oxygen atoms in total. The van der Waals surface area contributed by atoms with E-state index in [2.05, 4.69) is 26.7 Å². The average molecular weight is 795 g/mol. The van der Waals surface area contributed by atoms with Crippen LogP contribution in [0, 0.1) is 6.07 Å². The topological polar surface area (TPSA) is 330 Å². The van der Waals surface area contributed by atoms with Crippen LogP contribution in [0.4, 0.5) is 22.7 Å². The summed E-state index contributed by atoms with van der Waals surface area (Å²) in [4.78, 5) is 2.78. The Morgan fingerprint density at radius 2 is 1.06 bits per heavy atom. The van der Waals surface area contributed by atoms with Crippen LogP contribution in [-0.4, -0.2) is 74.5 Å². The summed E-state index contributed by atoms with van der Waals surface area (Å²) in [6, 6.07) is 7.12. The fourth-order valence-electron chi connectivity index (χ4n) is 3.87. The summed E-state index contributed by atoms with van der Waals surface area (Å²) < 4.78 is 170. The second-order valence-corrected chi connectivity index (χ2v) is 13.6. The average Bonchev–Trinajstić information content (AvgIpc) is 2.81. The van der Waals surface area contributed by atoms with Crippen LogP contribution in [0.15, 0.2) is 49.9 Å². The van der Waals surface area contributed by atoms with E-state index in [1.165, 1.54) is 18.2 Å². The first-order chi connectivity index (χ1) is 19.1. The van der Waals surface area contributed by atoms with Crippen LogP contribution < -0.4 is 158 Å². The molecule has 3 aromatic carbocycles. The molecule has 5 rings (SSSR count). The van der Waals surface area contributed by atoms with Gasteiger partial charge in [-0.15, -0.1) is 24.8 Å². The van der Waals surface area contributed by atoms with Gasteiger partial charge in [0.1, 0.15) is 55.8 Å². The molecular formula is C18H7N4Na5O15S5. The number of nitrogens with one attached hydrogen (secondary N) is 2. The Bertz CT molecular complexity index is 2430. The first kappa shape index (κ1) is 50.2. The summed E-state index contributed by atoms with van der Waals surface area (Å²) in [7, 11) is -25.3. The molecule has 0 saturated heterocycles. The Morgan fingerprint density at radius 3 is 1.49 bits per heavy atom. The predicted octanol–water partition coefficient (Wildman–Crippen LogP) is -16.0. The number of anilines is 4. The van der Waals surface area contributed by atoms with Gasteiger partial charge in [0.2, 0.25) is 0 Å². The third-order valence-electron chi connectivity index (χ3n) is 5.29. The van der Waals surface area contributed by atoms with Crippen LogP contribution in [0.3, 0.4) is 0 Å². The van der Waals surface area contributed by atoms with Crippen molar-refractivity contribution in [2.75, 3.05) is 10.6 Å². The van der Waals surface area contributed by atoms with Gasteiger partial charge in [-0.1, -0.05) is 0 Å². The van der Waals surface area contributed by atoms with Crippen LogP contribution in [0.25, 0.3) is 22.1 Å². The molecule has 0 radical (unpaired) electrons. The summed E-state index contributed by atoms with van der Waals surface area (Å²) in [6.45, 7) is 0. The van der Waals surface area contributed by atoms with Gasteiger partial charge < -0.3 is 33.8 Å². The molecule has 0 unspecified atom stereocenters. The van der Waals surface area contributed by atoms with E-state index in [1.807, 2.05) is 0 Å². The molecule has 0 spiro atoms. The van der Waals surface area contributed by atoms with Crippen molar-refractivity contribution in [3.8, 4) is 0 Å². The molecule has 0 amide bonds. The van der Waals surface area contributed by atoms with Crippen molar-refractivity contribution in [2.24, 2.45) is 0 Å². The van der Waals surface area contributed by atoms with Gasteiger partial charge in [-0.2, -0.15) is 12.1 Å². The third kappa shape index (κ3) is 11.3. The fraction of sp³-hybridized carbons (Fsp3) is 0. The van der Waals surface area contributed by atoms with Crippen molar-refractivity contribution >= 4 is 95.9 Å². The Morgan fingerprint density at radius 1 is 0.617 bits per heavy atom. The summed E-state index contributed by atoms with van der Waals surface area (Å²) in [5.74, 6) is 0. The molecule has 0 fully saturated rings. The Balaban J connectivity index is 0. The first-order valence-electron chi connectivity index (χ1n) is 10.1. The number of fused-ring (bicyclic) bond motifs is 4. The van der Waals surface area contributed by atoms with E-state index in [1.54, 1.807) is 0 Å². The maximum Gasteiger partial charge on any atom is 1.00 e. The van der Waals surface area contributed by atoms with E-state index >= 15 is 0 Å². The molecule has 0 bridgehead atoms. The largest absolute Gasteiger partial charge is 1.00 e. The Labute approximate surface area is 378 Å². The van der Waals surface area contributed by atoms with Crippen molar-refractivity contribution in [2.45, 2.75) is 19.6 Å². The zero-order valence-electron chi connectivity index (χ0n) is 24.4. The van der Waals surface area contributed by atoms with E-state index < -0.39 is 104 Å². The standard InChI is InChI=1S/C18H11N4O12S4.5Na.O3S/c23-35(24,25)7-5-10-12(11(6-7)36(26,27)28)22-16-15(21-10)17(37(29,30)31)13-14(18(16)38(32,33)34)20-9-4-2-1-3-8(9)19-13;;;;;;1-4(2)3/h1,3-6,21-22H,(H,23,24,25)(H,26,27,28)(H,29,30,31)(H,32,33,34);;;;;;/q-1;5*+1;/p-4. The molecule has 1 aromatic heterocycles. The van der Waals surface area contributed by atoms with Crippen LogP contribution in [0.2, 0.25) is 0 Å². The van der Waals surface area contributed by atoms with Gasteiger partial charge in [-0.05, 0) is 23.2 Å². The van der Waals surface area contributed by atoms with E-state index in [-0.39, 0.29) is 165 Å². The van der Waals surface area contributed by atoms with Crippen LogP contribution in [0.1, 0.15) is 0 Å². The van der Waals surface area contributed by atoms with Crippen LogP contribution in [0.5, 0.6) is 0 Å². The number of aromatic nitrogens is 2. The Hall–Kier alpha value is 1.12. The minimum Gasteiger partial charge on any atom is -0.744 e. The van der Waals surface area contributed by atoms with Crippen molar-refractivity contribution in [3.63, 3.8) is 0 Å². The van der Waals surface area contributed by atoms with Gasteiger partial charge in [0.15, 0.2) is 0 Å². The minimum absolute atomic E-state index is 0. The summed E-state index contributed by atoms with van der Waals surface area (Å²) in [6.07, 6.45) is 0. The SMILES string of the molecule is O=S(=O)([O-])c1cc2c(c(S(=O)(=O)[O-])c1)Nc1c(c(S(=O)(=O)[O-])c3nc4cc[c-]cc4nc3c1S(=O)(=O)[O-])N2.O=S(=O)=O.[Na+].[Na+].[Na+].[Na+].[Na+]. The number of rotatable bonds is 4. The molecule has 29 heteroatoms. The zero-order chi connectivity index (χ0) is 31.6. The van der Waals surface area contributed by atoms with Crippen molar-refractivity contribution in [1.82, 2.24) is 9.97 Å². The van der Waals surface area contributed by atoms with Gasteiger partial charge in [0.05, 0.1) is 38.1 Å². The first-order valence-corrected chi connectivity index (χ1v) is 16.7. The summed E-state index contributed by atoms with van der Waals surface area (Å²) >= 11 is 0. The van der Waals surface area contributed by atoms with Crippen molar-refractivity contribution in [1.29, 1.82) is 0 Å². The van der Waals surface area contributed by atoms with Crippen LogP contribution in [-0.2, 0) is 51.1 Å². The summed E-state index contributed by atoms with van der Waals surface area (Å²) in [5, 5.41) is 4.29. The molecule has 0 saturated carbocycles. The molecule has 2 heterocycles. The third-order valence-corrected chi connectivity index (χ3v) is 8.76. The second kappa shape index (κ2) is 18.2. The molecule has 0 atom stereocenters. The number of hydrogen-bond donors (Lipinski definition) is 2. The zero-order valence-corrected chi connectivity index (χ0v) is 38.5. The van der Waals surface area contributed by atoms with E-state index in [9.17, 15) is 51.9 Å². The molecule has 224 valence electrons. The normalized spacial score (nSPS) is 11.8. The maximum atomic E-state index is 12.4. The second-order valence-electron chi connectivity index (χ2n) is 7.86. The van der Waals surface area contributed by atoms with E-state index in [0.29, 0.717) is 6.07 Å².